The smallest absolute Gasteiger partial charge is 0.161 e. The molecule has 0 fully saturated rings. The Kier molecular flexibility index (Phi) is 8.55. The highest BCUT2D eigenvalue weighted by molar-refractivity contribution is 6.08. The molecule has 0 unspecified atom stereocenters. The first kappa shape index (κ1) is 34.7. The largest absolute Gasteiger partial charge is 0.453 e. The van der Waals surface area contributed by atoms with Gasteiger partial charge in [0.25, 0.3) is 0 Å². The molecule has 60 heavy (non-hydrogen) atoms. The molecule has 0 spiro atoms. The Bertz CT molecular complexity index is 3030. The van der Waals surface area contributed by atoms with Gasteiger partial charge in [0.2, 0.25) is 0 Å². The second-order valence-electron chi connectivity index (χ2n) is 14.1. The molecule has 0 N–H and O–H groups in total. The first-order valence-corrected chi connectivity index (χ1v) is 19.4. The summed E-state index contributed by atoms with van der Waals surface area (Å²) in [7, 11) is 0. The van der Waals surface area contributed by atoms with E-state index in [0.29, 0.717) is 34.4 Å². The number of rotatable bonds is 7. The van der Waals surface area contributed by atoms with E-state index >= 15 is 0 Å². The van der Waals surface area contributed by atoms with Crippen molar-refractivity contribution in [1.82, 2.24) is 39.9 Å². The summed E-state index contributed by atoms with van der Waals surface area (Å²) in [6.45, 7) is 0. The van der Waals surface area contributed by atoms with E-state index in [2.05, 4.69) is 67.3 Å². The summed E-state index contributed by atoms with van der Waals surface area (Å²) >= 11 is 0. The minimum absolute atomic E-state index is 0.506. The van der Waals surface area contributed by atoms with E-state index in [9.17, 15) is 0 Å². The van der Waals surface area contributed by atoms with Crippen molar-refractivity contribution in [2.24, 2.45) is 0 Å². The van der Waals surface area contributed by atoms with Crippen molar-refractivity contribution < 1.29 is 4.74 Å². The number of ether oxygens (including phenoxy) is 1. The third-order valence-electron chi connectivity index (χ3n) is 10.4. The van der Waals surface area contributed by atoms with Crippen LogP contribution >= 0.6 is 0 Å². The molecular formula is C50H31N9O. The molecule has 0 bridgehead atoms. The topological polar surface area (TPSA) is 116 Å². The van der Waals surface area contributed by atoms with Gasteiger partial charge in [-0.25, -0.2) is 19.9 Å². The van der Waals surface area contributed by atoms with Crippen molar-refractivity contribution in [3.63, 3.8) is 0 Å². The van der Waals surface area contributed by atoms with E-state index in [0.717, 1.165) is 73.0 Å². The van der Waals surface area contributed by atoms with Gasteiger partial charge >= 0.3 is 0 Å². The van der Waals surface area contributed by atoms with Crippen LogP contribution in [-0.4, -0.2) is 39.9 Å². The van der Waals surface area contributed by atoms with Gasteiger partial charge < -0.3 is 9.64 Å². The standard InChI is InChI=1S/C50H31N9O/c1-3-20-47-45(17-1)59(46-18-2-4-21-48(46)60-47)44-19-9-14-35-36(44)26-34(49-55-40(32-12-10-22-51-30-32)28-42(57-49)38-15-5-7-24-53-38)27-37(35)50-56-41(33-13-11-23-52-31-33)29-43(58-50)39-16-6-8-25-54-39/h1-31H. The number of hydrogen-bond acceptors (Lipinski definition) is 10. The number of fused-ring (bicyclic) bond motifs is 3. The zero-order chi connectivity index (χ0) is 39.8. The van der Waals surface area contributed by atoms with Crippen LogP contribution in [0.25, 0.3) is 78.8 Å². The van der Waals surface area contributed by atoms with Crippen LogP contribution in [0.15, 0.2) is 189 Å². The summed E-state index contributed by atoms with van der Waals surface area (Å²) in [5.41, 5.74) is 10.3. The number of pyridine rings is 4. The van der Waals surface area contributed by atoms with Crippen LogP contribution in [0.5, 0.6) is 11.5 Å². The molecule has 0 amide bonds. The average molecular weight is 774 g/mol. The summed E-state index contributed by atoms with van der Waals surface area (Å²) in [5, 5.41) is 1.86. The maximum absolute atomic E-state index is 6.44. The minimum atomic E-state index is 0.506. The first-order chi connectivity index (χ1) is 29.7. The Morgan fingerprint density at radius 1 is 0.367 bits per heavy atom. The van der Waals surface area contributed by atoms with Gasteiger partial charge in [-0.3, -0.25) is 19.9 Å². The van der Waals surface area contributed by atoms with Crippen LogP contribution in [-0.2, 0) is 0 Å². The zero-order valence-electron chi connectivity index (χ0n) is 31.8. The van der Waals surface area contributed by atoms with Gasteiger partial charge in [-0.05, 0) is 109 Å². The highest BCUT2D eigenvalue weighted by Gasteiger charge is 2.28. The molecule has 7 heterocycles. The Hall–Kier alpha value is -8.50. The molecule has 0 saturated heterocycles. The van der Waals surface area contributed by atoms with Crippen molar-refractivity contribution in [1.29, 1.82) is 0 Å². The van der Waals surface area contributed by atoms with Crippen LogP contribution in [0.3, 0.4) is 0 Å². The van der Waals surface area contributed by atoms with Gasteiger partial charge in [-0.2, -0.15) is 0 Å². The van der Waals surface area contributed by atoms with Crippen LogP contribution in [0, 0.1) is 0 Å². The van der Waals surface area contributed by atoms with Crippen LogP contribution in [0.1, 0.15) is 0 Å². The molecule has 6 aromatic heterocycles. The lowest BCUT2D eigenvalue weighted by Crippen LogP contribution is -2.16. The molecule has 10 heteroatoms. The Balaban J connectivity index is 1.22. The normalized spacial score (nSPS) is 11.8. The van der Waals surface area contributed by atoms with E-state index in [4.69, 9.17) is 24.7 Å². The third kappa shape index (κ3) is 6.34. The maximum atomic E-state index is 6.44. The Labute approximate surface area is 344 Å². The lowest BCUT2D eigenvalue weighted by Gasteiger charge is -2.33. The van der Waals surface area contributed by atoms with Gasteiger partial charge in [0, 0.05) is 64.8 Å². The number of anilines is 3. The van der Waals surface area contributed by atoms with Gasteiger partial charge in [-0.1, -0.05) is 48.5 Å². The molecule has 10 aromatic rings. The third-order valence-corrected chi connectivity index (χ3v) is 10.4. The highest BCUT2D eigenvalue weighted by Crippen LogP contribution is 2.52. The molecule has 282 valence electrons. The number of hydrogen-bond donors (Lipinski definition) is 0. The summed E-state index contributed by atoms with van der Waals surface area (Å²) in [5.74, 6) is 2.53. The minimum Gasteiger partial charge on any atom is -0.453 e. The molecule has 0 saturated carbocycles. The van der Waals surface area contributed by atoms with Gasteiger partial charge in [0.15, 0.2) is 23.1 Å². The second-order valence-corrected chi connectivity index (χ2v) is 14.1. The molecule has 0 atom stereocenters. The van der Waals surface area contributed by atoms with Gasteiger partial charge in [0.1, 0.15) is 0 Å². The van der Waals surface area contributed by atoms with E-state index in [-0.39, 0.29) is 0 Å². The molecule has 0 radical (unpaired) electrons. The average Bonchev–Trinajstić information content (AvgIpc) is 3.33. The van der Waals surface area contributed by atoms with Crippen molar-refractivity contribution in [2.45, 2.75) is 0 Å². The van der Waals surface area contributed by atoms with Crippen LogP contribution in [0.4, 0.5) is 17.1 Å². The van der Waals surface area contributed by atoms with Crippen LogP contribution in [0.2, 0.25) is 0 Å². The lowest BCUT2D eigenvalue weighted by atomic mass is 9.96. The highest BCUT2D eigenvalue weighted by atomic mass is 16.5. The van der Waals surface area contributed by atoms with Crippen LogP contribution < -0.4 is 9.64 Å². The van der Waals surface area contributed by atoms with Crippen molar-refractivity contribution >= 4 is 27.8 Å². The van der Waals surface area contributed by atoms with Crippen molar-refractivity contribution in [3.8, 4) is 79.6 Å². The van der Waals surface area contributed by atoms with E-state index in [1.165, 1.54) is 0 Å². The molecule has 4 aromatic carbocycles. The molecule has 1 aliphatic heterocycles. The number of nitrogens with zero attached hydrogens (tertiary/aromatic N) is 9. The molecule has 1 aliphatic rings. The molecular weight excluding hydrogens is 743 g/mol. The number of para-hydroxylation sites is 4. The van der Waals surface area contributed by atoms with E-state index in [1.807, 2.05) is 122 Å². The predicted molar refractivity (Wildman–Crippen MR) is 234 cm³/mol. The maximum Gasteiger partial charge on any atom is 0.161 e. The van der Waals surface area contributed by atoms with E-state index < -0.39 is 0 Å². The van der Waals surface area contributed by atoms with Gasteiger partial charge in [0.05, 0.1) is 51.2 Å². The Morgan fingerprint density at radius 2 is 0.917 bits per heavy atom. The summed E-state index contributed by atoms with van der Waals surface area (Å²) in [4.78, 5) is 41.4. The fraction of sp³-hybridized carbons (Fsp3) is 0. The van der Waals surface area contributed by atoms with Gasteiger partial charge in [-0.15, -0.1) is 0 Å². The Morgan fingerprint density at radius 3 is 1.50 bits per heavy atom. The second kappa shape index (κ2) is 14.8. The SMILES string of the molecule is c1ccc(-c2cc(-c3cccnc3)nc(-c3cc(-c4nc(-c5cccnc5)cc(-c5ccccn5)n4)c4cccc(N5c6ccccc6Oc6ccccc65)c4c3)n2)nc1. The lowest BCUT2D eigenvalue weighted by molar-refractivity contribution is 0.477. The molecule has 11 rings (SSSR count). The molecule has 0 aliphatic carbocycles. The molecule has 10 nitrogen and oxygen atoms in total. The number of benzene rings is 4. The fourth-order valence-electron chi connectivity index (χ4n) is 7.60. The fourth-order valence-corrected chi connectivity index (χ4v) is 7.60. The van der Waals surface area contributed by atoms with Crippen molar-refractivity contribution in [2.75, 3.05) is 4.90 Å². The number of aromatic nitrogens is 8. The quantitative estimate of drug-likeness (QED) is 0.155. The van der Waals surface area contributed by atoms with E-state index in [1.54, 1.807) is 24.8 Å². The summed E-state index contributed by atoms with van der Waals surface area (Å²) < 4.78 is 6.44. The first-order valence-electron chi connectivity index (χ1n) is 19.4. The predicted octanol–water partition coefficient (Wildman–Crippen LogP) is 11.6. The monoisotopic (exact) mass is 773 g/mol. The zero-order valence-corrected chi connectivity index (χ0v) is 31.8. The van der Waals surface area contributed by atoms with Crippen molar-refractivity contribution in [3.05, 3.63) is 189 Å². The summed E-state index contributed by atoms with van der Waals surface area (Å²) in [6.07, 6.45) is 10.7. The summed E-state index contributed by atoms with van der Waals surface area (Å²) in [6, 6.07) is 50.1.